The zero-order valence-electron chi connectivity index (χ0n) is 17.2. The van der Waals surface area contributed by atoms with Crippen LogP contribution < -0.4 is 5.32 Å². The number of nitriles is 1. The van der Waals surface area contributed by atoms with Crippen molar-refractivity contribution in [2.24, 2.45) is 0 Å². The van der Waals surface area contributed by atoms with Crippen LogP contribution >= 0.6 is 0 Å². The van der Waals surface area contributed by atoms with E-state index >= 15 is 0 Å². The molecule has 0 spiro atoms. The molecule has 3 heterocycles. The van der Waals surface area contributed by atoms with Gasteiger partial charge in [0, 0.05) is 23.9 Å². The number of alkyl halides is 2. The van der Waals surface area contributed by atoms with Crippen LogP contribution in [0.2, 0.25) is 0 Å². The highest BCUT2D eigenvalue weighted by Crippen LogP contribution is 2.33. The summed E-state index contributed by atoms with van der Waals surface area (Å²) >= 11 is 0. The number of halogens is 2. The Balaban J connectivity index is 1.68. The maximum Gasteiger partial charge on any atom is 0.282 e. The molecule has 1 atom stereocenters. The van der Waals surface area contributed by atoms with Gasteiger partial charge in [-0.3, -0.25) is 4.79 Å². The number of anilines is 1. The zero-order valence-corrected chi connectivity index (χ0v) is 17.2. The zero-order chi connectivity index (χ0) is 22.1. The number of pyridine rings is 1. The van der Waals surface area contributed by atoms with Crippen LogP contribution in [-0.4, -0.2) is 27.3 Å². The lowest BCUT2D eigenvalue weighted by Gasteiger charge is -2.23. The van der Waals surface area contributed by atoms with Crippen LogP contribution in [0.1, 0.15) is 64.8 Å². The van der Waals surface area contributed by atoms with Gasteiger partial charge in [-0.15, -0.1) is 0 Å². The van der Waals surface area contributed by atoms with E-state index in [9.17, 15) is 13.6 Å². The van der Waals surface area contributed by atoms with Crippen molar-refractivity contribution in [2.45, 2.75) is 45.8 Å². The molecule has 0 aliphatic carbocycles. The van der Waals surface area contributed by atoms with Crippen LogP contribution in [0.15, 0.2) is 24.4 Å². The number of carbonyl (C=O) groups is 1. The minimum Gasteiger partial charge on any atom is -0.356 e. The maximum atomic E-state index is 13.7. The molecule has 4 rings (SSSR count). The molecular formula is C22H21F2N5O2. The van der Waals surface area contributed by atoms with Gasteiger partial charge in [0.2, 0.25) is 0 Å². The van der Waals surface area contributed by atoms with Gasteiger partial charge in [-0.25, -0.2) is 18.4 Å². The third-order valence-corrected chi connectivity index (χ3v) is 5.61. The monoisotopic (exact) mass is 425 g/mol. The minimum atomic E-state index is -2.76. The van der Waals surface area contributed by atoms with Crippen LogP contribution in [0.3, 0.4) is 0 Å². The van der Waals surface area contributed by atoms with Crippen molar-refractivity contribution in [2.75, 3.05) is 11.9 Å². The summed E-state index contributed by atoms with van der Waals surface area (Å²) in [5.41, 5.74) is 2.38. The van der Waals surface area contributed by atoms with Gasteiger partial charge >= 0.3 is 0 Å². The maximum absolute atomic E-state index is 13.7. The van der Waals surface area contributed by atoms with Crippen molar-refractivity contribution in [3.8, 4) is 6.07 Å². The molecule has 0 bridgehead atoms. The predicted octanol–water partition coefficient (Wildman–Crippen LogP) is 4.81. The highest BCUT2D eigenvalue weighted by molar-refractivity contribution is 6.05. The highest BCUT2D eigenvalue weighted by atomic mass is 19.3. The lowest BCUT2D eigenvalue weighted by molar-refractivity contribution is -0.0374. The molecule has 1 unspecified atom stereocenters. The van der Waals surface area contributed by atoms with Crippen LogP contribution in [0.4, 0.5) is 14.5 Å². The van der Waals surface area contributed by atoms with Crippen LogP contribution in [0.25, 0.3) is 10.9 Å². The van der Waals surface area contributed by atoms with E-state index in [0.717, 1.165) is 12.8 Å². The Morgan fingerprint density at radius 3 is 2.81 bits per heavy atom. The fraction of sp³-hybridized carbons (Fsp3) is 0.364. The van der Waals surface area contributed by atoms with Gasteiger partial charge < -0.3 is 10.1 Å². The summed E-state index contributed by atoms with van der Waals surface area (Å²) in [6.07, 6.45) is 0.807. The SMILES string of the molecule is Cc1c(C#N)cnc(C(=O)Nc2ccc3c(c2)c(C(F)F)nn3C2CCCCO2)c1C. The highest BCUT2D eigenvalue weighted by Gasteiger charge is 2.25. The quantitative estimate of drug-likeness (QED) is 0.648. The summed E-state index contributed by atoms with van der Waals surface area (Å²) in [5, 5.41) is 16.2. The number of rotatable bonds is 4. The standard InChI is InChI=1S/C22H21F2N5O2/c1-12-13(2)19(26-11-14(12)10-25)22(30)27-15-6-7-17-16(9-15)20(21(23)24)28-29(17)18-5-3-4-8-31-18/h6-7,9,11,18,21H,3-5,8H2,1-2H3,(H,27,30). The van der Waals surface area contributed by atoms with Gasteiger partial charge in [-0.2, -0.15) is 10.4 Å². The summed E-state index contributed by atoms with van der Waals surface area (Å²) in [5.74, 6) is -0.481. The molecule has 7 nitrogen and oxygen atoms in total. The number of aromatic nitrogens is 3. The van der Waals surface area contributed by atoms with Gasteiger partial charge in [0.1, 0.15) is 17.5 Å². The normalized spacial score (nSPS) is 16.5. The van der Waals surface area contributed by atoms with Crippen LogP contribution in [0.5, 0.6) is 0 Å². The molecule has 1 amide bonds. The Hall–Kier alpha value is -3.38. The Morgan fingerprint density at radius 2 is 2.13 bits per heavy atom. The fourth-order valence-electron chi connectivity index (χ4n) is 3.77. The van der Waals surface area contributed by atoms with E-state index in [1.54, 1.807) is 26.0 Å². The largest absolute Gasteiger partial charge is 0.356 e. The first kappa shape index (κ1) is 20.9. The summed E-state index contributed by atoms with van der Waals surface area (Å²) in [7, 11) is 0. The van der Waals surface area contributed by atoms with Gasteiger partial charge in [-0.05, 0) is 62.4 Å². The topological polar surface area (TPSA) is 92.8 Å². The number of nitrogens with one attached hydrogen (secondary N) is 1. The first-order valence-electron chi connectivity index (χ1n) is 10.00. The molecule has 9 heteroatoms. The minimum absolute atomic E-state index is 0.178. The van der Waals surface area contributed by atoms with Gasteiger partial charge in [0.15, 0.2) is 6.23 Å². The first-order chi connectivity index (χ1) is 14.9. The van der Waals surface area contributed by atoms with E-state index < -0.39 is 12.3 Å². The molecular weight excluding hydrogens is 404 g/mol. The lowest BCUT2D eigenvalue weighted by atomic mass is 10.0. The van der Waals surface area contributed by atoms with Crippen molar-refractivity contribution < 1.29 is 18.3 Å². The molecule has 1 aromatic carbocycles. The van der Waals surface area contributed by atoms with Crippen molar-refractivity contribution in [1.82, 2.24) is 14.8 Å². The summed E-state index contributed by atoms with van der Waals surface area (Å²) in [6.45, 7) is 4.03. The van der Waals surface area contributed by atoms with Crippen molar-refractivity contribution in [1.29, 1.82) is 5.26 Å². The van der Waals surface area contributed by atoms with E-state index in [0.29, 0.717) is 40.9 Å². The molecule has 1 N–H and O–H groups in total. The first-order valence-corrected chi connectivity index (χ1v) is 10.00. The van der Waals surface area contributed by atoms with Gasteiger partial charge in [-0.1, -0.05) is 0 Å². The molecule has 0 radical (unpaired) electrons. The van der Waals surface area contributed by atoms with E-state index in [4.69, 9.17) is 10.00 Å². The third kappa shape index (κ3) is 3.86. The second kappa shape index (κ2) is 8.40. The molecule has 3 aromatic rings. The van der Waals surface area contributed by atoms with Crippen LogP contribution in [0, 0.1) is 25.2 Å². The van der Waals surface area contributed by atoms with E-state index in [1.165, 1.54) is 16.9 Å². The number of benzene rings is 1. The Bertz CT molecular complexity index is 1190. The summed E-state index contributed by atoms with van der Waals surface area (Å²) in [4.78, 5) is 16.8. The van der Waals surface area contributed by atoms with E-state index in [2.05, 4.69) is 15.4 Å². The van der Waals surface area contributed by atoms with Gasteiger partial charge in [0.05, 0.1) is 11.1 Å². The third-order valence-electron chi connectivity index (χ3n) is 5.61. The van der Waals surface area contributed by atoms with Gasteiger partial charge in [0.25, 0.3) is 12.3 Å². The molecule has 1 aliphatic heterocycles. The average molecular weight is 425 g/mol. The van der Waals surface area contributed by atoms with E-state index in [-0.39, 0.29) is 23.0 Å². The van der Waals surface area contributed by atoms with Crippen molar-refractivity contribution in [3.05, 3.63) is 52.5 Å². The average Bonchev–Trinajstić information content (AvgIpc) is 3.15. The molecule has 2 aromatic heterocycles. The number of nitrogens with zero attached hydrogens (tertiary/aromatic N) is 4. The number of fused-ring (bicyclic) bond motifs is 1. The van der Waals surface area contributed by atoms with Crippen molar-refractivity contribution >= 4 is 22.5 Å². The predicted molar refractivity (Wildman–Crippen MR) is 110 cm³/mol. The number of ether oxygens (including phenoxy) is 1. The fourth-order valence-corrected chi connectivity index (χ4v) is 3.77. The Morgan fingerprint density at radius 1 is 1.32 bits per heavy atom. The Kier molecular flexibility index (Phi) is 5.65. The Labute approximate surface area is 177 Å². The van der Waals surface area contributed by atoms with Crippen molar-refractivity contribution in [3.63, 3.8) is 0 Å². The number of amides is 1. The number of hydrogen-bond acceptors (Lipinski definition) is 5. The molecule has 160 valence electrons. The lowest BCUT2D eigenvalue weighted by Crippen LogP contribution is -2.19. The smallest absolute Gasteiger partial charge is 0.282 e. The summed E-state index contributed by atoms with van der Waals surface area (Å²) < 4.78 is 34.6. The molecule has 1 fully saturated rings. The summed E-state index contributed by atoms with van der Waals surface area (Å²) in [6, 6.07) is 6.83. The second-order valence-corrected chi connectivity index (χ2v) is 7.52. The molecule has 31 heavy (non-hydrogen) atoms. The van der Waals surface area contributed by atoms with Crippen LogP contribution in [-0.2, 0) is 4.74 Å². The molecule has 1 aliphatic rings. The molecule has 1 saturated heterocycles. The number of hydrogen-bond donors (Lipinski definition) is 1. The number of carbonyl (C=O) groups excluding carboxylic acids is 1. The molecule has 0 saturated carbocycles. The van der Waals surface area contributed by atoms with E-state index in [1.807, 2.05) is 6.07 Å². The second-order valence-electron chi connectivity index (χ2n) is 7.52.